The second-order valence-corrected chi connectivity index (χ2v) is 3.22. The Kier molecular flexibility index (Phi) is 5.54. The van der Waals surface area contributed by atoms with Crippen molar-refractivity contribution in [3.05, 3.63) is 35.9 Å². The van der Waals surface area contributed by atoms with Gasteiger partial charge in [0.2, 0.25) is 0 Å². The second-order valence-electron chi connectivity index (χ2n) is 3.22. The third-order valence-electron chi connectivity index (χ3n) is 1.94. The fourth-order valence-corrected chi connectivity index (χ4v) is 1.10. The zero-order valence-corrected chi connectivity index (χ0v) is 8.98. The lowest BCUT2D eigenvalue weighted by Gasteiger charge is -2.07. The van der Waals surface area contributed by atoms with Crippen molar-refractivity contribution in [1.82, 2.24) is 0 Å². The second kappa shape index (κ2) is 7.05. The standard InChI is InChI=1S/C13H16O2/c1-3-12(2)15-10-9-14-11-13-7-5-4-6-8-13/h1,4-8,12H,9-11H2,2H3/t12-/m1/s1. The fraction of sp³-hybridized carbons (Fsp3) is 0.385. The molecule has 0 saturated carbocycles. The summed E-state index contributed by atoms with van der Waals surface area (Å²) in [5, 5.41) is 0. The van der Waals surface area contributed by atoms with Crippen molar-refractivity contribution in [2.45, 2.75) is 19.6 Å². The number of hydrogen-bond acceptors (Lipinski definition) is 2. The van der Waals surface area contributed by atoms with E-state index in [1.807, 2.05) is 37.3 Å². The van der Waals surface area contributed by atoms with Crippen LogP contribution in [0.2, 0.25) is 0 Å². The lowest BCUT2D eigenvalue weighted by molar-refractivity contribution is 0.0266. The van der Waals surface area contributed by atoms with Crippen LogP contribution < -0.4 is 0 Å². The predicted octanol–water partition coefficient (Wildman–Crippen LogP) is 2.24. The molecule has 0 unspecified atom stereocenters. The maximum atomic E-state index is 5.42. The highest BCUT2D eigenvalue weighted by Gasteiger charge is 1.96. The molecule has 0 bridgehead atoms. The van der Waals surface area contributed by atoms with E-state index in [0.29, 0.717) is 19.8 Å². The van der Waals surface area contributed by atoms with Crippen LogP contribution in [0, 0.1) is 12.3 Å². The van der Waals surface area contributed by atoms with Crippen molar-refractivity contribution in [1.29, 1.82) is 0 Å². The van der Waals surface area contributed by atoms with Gasteiger partial charge >= 0.3 is 0 Å². The minimum atomic E-state index is -0.134. The van der Waals surface area contributed by atoms with Gasteiger partial charge in [-0.05, 0) is 12.5 Å². The molecule has 1 aromatic rings. The summed E-state index contributed by atoms with van der Waals surface area (Å²) in [5.41, 5.74) is 1.17. The zero-order chi connectivity index (χ0) is 10.9. The van der Waals surface area contributed by atoms with Crippen LogP contribution in [0.1, 0.15) is 12.5 Å². The van der Waals surface area contributed by atoms with Crippen LogP contribution in [-0.2, 0) is 16.1 Å². The molecular weight excluding hydrogens is 188 g/mol. The first-order chi connectivity index (χ1) is 7.33. The molecule has 1 aromatic carbocycles. The SMILES string of the molecule is C#C[C@@H](C)OCCOCc1ccccc1. The van der Waals surface area contributed by atoms with Gasteiger partial charge in [-0.15, -0.1) is 6.42 Å². The van der Waals surface area contributed by atoms with Crippen molar-refractivity contribution in [2.75, 3.05) is 13.2 Å². The van der Waals surface area contributed by atoms with E-state index >= 15 is 0 Å². The molecule has 80 valence electrons. The molecule has 2 nitrogen and oxygen atoms in total. The summed E-state index contributed by atoms with van der Waals surface area (Å²) in [7, 11) is 0. The highest BCUT2D eigenvalue weighted by atomic mass is 16.5. The normalized spacial score (nSPS) is 12.0. The van der Waals surface area contributed by atoms with E-state index in [-0.39, 0.29) is 6.10 Å². The molecule has 0 saturated heterocycles. The van der Waals surface area contributed by atoms with Crippen LogP contribution in [0.5, 0.6) is 0 Å². The van der Waals surface area contributed by atoms with Crippen molar-refractivity contribution in [3.63, 3.8) is 0 Å². The average Bonchev–Trinajstić information content (AvgIpc) is 2.29. The Morgan fingerprint density at radius 1 is 1.27 bits per heavy atom. The van der Waals surface area contributed by atoms with Gasteiger partial charge in [-0.2, -0.15) is 0 Å². The maximum absolute atomic E-state index is 5.42. The first kappa shape index (κ1) is 11.8. The smallest absolute Gasteiger partial charge is 0.115 e. The summed E-state index contributed by atoms with van der Waals surface area (Å²) in [6, 6.07) is 10.0. The molecule has 1 atom stereocenters. The van der Waals surface area contributed by atoms with E-state index in [0.717, 1.165) is 0 Å². The van der Waals surface area contributed by atoms with Crippen LogP contribution in [0.4, 0.5) is 0 Å². The van der Waals surface area contributed by atoms with E-state index in [1.54, 1.807) is 0 Å². The molecule has 0 aliphatic carbocycles. The van der Waals surface area contributed by atoms with Gasteiger partial charge in [-0.1, -0.05) is 36.3 Å². The Morgan fingerprint density at radius 2 is 2.00 bits per heavy atom. The summed E-state index contributed by atoms with van der Waals surface area (Å²) < 4.78 is 10.7. The van der Waals surface area contributed by atoms with Gasteiger partial charge in [0, 0.05) is 0 Å². The van der Waals surface area contributed by atoms with Crippen LogP contribution in [0.3, 0.4) is 0 Å². The summed E-state index contributed by atoms with van der Waals surface area (Å²) in [6.45, 7) is 3.57. The molecule has 0 spiro atoms. The first-order valence-corrected chi connectivity index (χ1v) is 5.02. The third-order valence-corrected chi connectivity index (χ3v) is 1.94. The largest absolute Gasteiger partial charge is 0.374 e. The number of ether oxygens (including phenoxy) is 2. The summed E-state index contributed by atoms with van der Waals surface area (Å²) in [5.74, 6) is 2.50. The van der Waals surface area contributed by atoms with E-state index < -0.39 is 0 Å². The highest BCUT2D eigenvalue weighted by molar-refractivity contribution is 5.13. The molecule has 0 heterocycles. The van der Waals surface area contributed by atoms with Gasteiger partial charge in [0.1, 0.15) is 6.10 Å². The van der Waals surface area contributed by atoms with E-state index in [4.69, 9.17) is 15.9 Å². The van der Waals surface area contributed by atoms with Crippen molar-refractivity contribution < 1.29 is 9.47 Å². The molecule has 2 heteroatoms. The summed E-state index contributed by atoms with van der Waals surface area (Å²) in [4.78, 5) is 0. The lowest BCUT2D eigenvalue weighted by Crippen LogP contribution is -2.10. The first-order valence-electron chi connectivity index (χ1n) is 5.02. The Bertz CT molecular complexity index is 300. The van der Waals surface area contributed by atoms with Crippen molar-refractivity contribution in [3.8, 4) is 12.3 Å². The van der Waals surface area contributed by atoms with Crippen LogP contribution in [-0.4, -0.2) is 19.3 Å². The molecule has 0 aromatic heterocycles. The molecular formula is C13H16O2. The highest BCUT2D eigenvalue weighted by Crippen LogP contribution is 2.00. The monoisotopic (exact) mass is 204 g/mol. The van der Waals surface area contributed by atoms with Crippen LogP contribution >= 0.6 is 0 Å². The zero-order valence-electron chi connectivity index (χ0n) is 8.98. The van der Waals surface area contributed by atoms with E-state index in [2.05, 4.69) is 5.92 Å². The number of terminal acetylenes is 1. The van der Waals surface area contributed by atoms with Crippen molar-refractivity contribution >= 4 is 0 Å². The van der Waals surface area contributed by atoms with Gasteiger partial charge < -0.3 is 9.47 Å². The molecule has 15 heavy (non-hydrogen) atoms. The van der Waals surface area contributed by atoms with Gasteiger partial charge in [0.05, 0.1) is 19.8 Å². The topological polar surface area (TPSA) is 18.5 Å². The van der Waals surface area contributed by atoms with Gasteiger partial charge in [0.15, 0.2) is 0 Å². The van der Waals surface area contributed by atoms with Crippen LogP contribution in [0.15, 0.2) is 30.3 Å². The molecule has 0 aliphatic rings. The third kappa shape index (κ3) is 5.21. The number of benzene rings is 1. The quantitative estimate of drug-likeness (QED) is 0.522. The molecule has 0 aliphatic heterocycles. The van der Waals surface area contributed by atoms with E-state index in [1.165, 1.54) is 5.56 Å². The fourth-order valence-electron chi connectivity index (χ4n) is 1.10. The predicted molar refractivity (Wildman–Crippen MR) is 60.3 cm³/mol. The Labute approximate surface area is 91.2 Å². The van der Waals surface area contributed by atoms with Gasteiger partial charge in [-0.25, -0.2) is 0 Å². The minimum absolute atomic E-state index is 0.134. The van der Waals surface area contributed by atoms with Crippen LogP contribution in [0.25, 0.3) is 0 Å². The Morgan fingerprint density at radius 3 is 2.67 bits per heavy atom. The maximum Gasteiger partial charge on any atom is 0.115 e. The molecule has 0 radical (unpaired) electrons. The number of rotatable bonds is 6. The Balaban J connectivity index is 2.06. The van der Waals surface area contributed by atoms with Gasteiger partial charge in [0.25, 0.3) is 0 Å². The minimum Gasteiger partial charge on any atom is -0.374 e. The molecule has 0 fully saturated rings. The Hall–Kier alpha value is -1.30. The average molecular weight is 204 g/mol. The molecule has 0 N–H and O–H groups in total. The molecule has 0 amide bonds. The van der Waals surface area contributed by atoms with E-state index in [9.17, 15) is 0 Å². The lowest BCUT2D eigenvalue weighted by atomic mass is 10.2. The summed E-state index contributed by atoms with van der Waals surface area (Å²) in [6.07, 6.45) is 5.03. The van der Waals surface area contributed by atoms with Gasteiger partial charge in [-0.3, -0.25) is 0 Å². The summed E-state index contributed by atoms with van der Waals surface area (Å²) >= 11 is 0. The molecule has 1 rings (SSSR count). The number of hydrogen-bond donors (Lipinski definition) is 0. The van der Waals surface area contributed by atoms with Crippen molar-refractivity contribution in [2.24, 2.45) is 0 Å².